The van der Waals surface area contributed by atoms with Crippen LogP contribution < -0.4 is 5.32 Å². The van der Waals surface area contributed by atoms with Crippen LogP contribution in [0.5, 0.6) is 0 Å². The van der Waals surface area contributed by atoms with Crippen molar-refractivity contribution in [3.05, 3.63) is 76.8 Å². The third-order valence-corrected chi connectivity index (χ3v) is 3.78. The van der Waals surface area contributed by atoms with Gasteiger partial charge in [-0.15, -0.1) is 0 Å². The summed E-state index contributed by atoms with van der Waals surface area (Å²) in [6, 6.07) is 16.1. The maximum absolute atomic E-state index is 12.2. The number of ether oxygens (including phenoxy) is 1. The number of amides is 1. The number of halogens is 1. The van der Waals surface area contributed by atoms with Crippen LogP contribution in [0, 0.1) is 0 Å². The largest absolute Gasteiger partial charge is 0.469 e. The first-order valence-corrected chi connectivity index (χ1v) is 7.83. The molecule has 1 N–H and O–H groups in total. The van der Waals surface area contributed by atoms with Crippen molar-refractivity contribution >= 4 is 29.6 Å². The maximum atomic E-state index is 12.2. The van der Waals surface area contributed by atoms with E-state index in [1.54, 1.807) is 12.1 Å². The van der Waals surface area contributed by atoms with Gasteiger partial charge in [0, 0.05) is 11.1 Å². The molecule has 2 aromatic rings. The van der Waals surface area contributed by atoms with E-state index in [1.165, 1.54) is 13.2 Å². The van der Waals surface area contributed by atoms with Crippen LogP contribution in [0.25, 0.3) is 6.08 Å². The van der Waals surface area contributed by atoms with E-state index < -0.39 is 6.04 Å². The molecule has 0 aromatic heterocycles. The average molecular weight is 344 g/mol. The normalized spacial score (nSPS) is 11.9. The summed E-state index contributed by atoms with van der Waals surface area (Å²) < 4.78 is 4.70. The molecule has 24 heavy (non-hydrogen) atoms. The molecule has 0 saturated heterocycles. The lowest BCUT2D eigenvalue weighted by atomic mass is 10.0. The summed E-state index contributed by atoms with van der Waals surface area (Å²) in [7, 11) is 1.32. The van der Waals surface area contributed by atoms with Gasteiger partial charge in [0.15, 0.2) is 0 Å². The molecule has 124 valence electrons. The van der Waals surface area contributed by atoms with Crippen LogP contribution in [0.4, 0.5) is 0 Å². The van der Waals surface area contributed by atoms with Crippen LogP contribution >= 0.6 is 11.6 Å². The summed E-state index contributed by atoms with van der Waals surface area (Å²) >= 11 is 6.05. The molecule has 0 bridgehead atoms. The molecular weight excluding hydrogens is 326 g/mol. The molecular formula is C19H18ClNO3. The first-order chi connectivity index (χ1) is 11.6. The van der Waals surface area contributed by atoms with Gasteiger partial charge in [0.1, 0.15) is 0 Å². The van der Waals surface area contributed by atoms with Crippen LogP contribution in [-0.2, 0) is 14.3 Å². The van der Waals surface area contributed by atoms with Crippen molar-refractivity contribution in [1.29, 1.82) is 0 Å². The number of methoxy groups -OCH3 is 1. The number of hydrogen-bond donors (Lipinski definition) is 1. The molecule has 4 nitrogen and oxygen atoms in total. The van der Waals surface area contributed by atoms with Crippen molar-refractivity contribution in [2.75, 3.05) is 7.11 Å². The van der Waals surface area contributed by atoms with Gasteiger partial charge in [-0.25, -0.2) is 0 Å². The van der Waals surface area contributed by atoms with Crippen molar-refractivity contribution in [2.24, 2.45) is 0 Å². The minimum Gasteiger partial charge on any atom is -0.469 e. The van der Waals surface area contributed by atoms with Crippen LogP contribution in [0.2, 0.25) is 5.02 Å². The van der Waals surface area contributed by atoms with Gasteiger partial charge in [-0.3, -0.25) is 9.59 Å². The zero-order valence-electron chi connectivity index (χ0n) is 13.2. The van der Waals surface area contributed by atoms with E-state index in [0.29, 0.717) is 5.02 Å². The van der Waals surface area contributed by atoms with Gasteiger partial charge in [-0.05, 0) is 23.3 Å². The molecule has 2 aromatic carbocycles. The molecule has 5 heteroatoms. The zero-order valence-corrected chi connectivity index (χ0v) is 14.0. The van der Waals surface area contributed by atoms with Gasteiger partial charge in [0.2, 0.25) is 5.91 Å². The SMILES string of the molecule is COC(=O)CC(NC(=O)/C=C/c1ccccc1Cl)c1ccccc1. The van der Waals surface area contributed by atoms with E-state index in [0.717, 1.165) is 11.1 Å². The average Bonchev–Trinajstić information content (AvgIpc) is 2.61. The van der Waals surface area contributed by atoms with Gasteiger partial charge in [0.25, 0.3) is 0 Å². The molecule has 0 aliphatic rings. The molecule has 0 aliphatic heterocycles. The first kappa shape index (κ1) is 17.8. The molecule has 0 saturated carbocycles. The highest BCUT2D eigenvalue weighted by atomic mass is 35.5. The molecule has 0 aliphatic carbocycles. The highest BCUT2D eigenvalue weighted by molar-refractivity contribution is 6.32. The lowest BCUT2D eigenvalue weighted by molar-refractivity contribution is -0.141. The molecule has 0 fully saturated rings. The smallest absolute Gasteiger partial charge is 0.307 e. The lowest BCUT2D eigenvalue weighted by Crippen LogP contribution is -2.29. The van der Waals surface area contributed by atoms with E-state index in [2.05, 4.69) is 5.32 Å². The Bertz CT molecular complexity index is 728. The lowest BCUT2D eigenvalue weighted by Gasteiger charge is -2.17. The second-order valence-electron chi connectivity index (χ2n) is 5.11. The Labute approximate surface area is 146 Å². The number of hydrogen-bond acceptors (Lipinski definition) is 3. The Balaban J connectivity index is 2.09. The summed E-state index contributed by atoms with van der Waals surface area (Å²) in [6.07, 6.45) is 3.10. The van der Waals surface area contributed by atoms with Crippen LogP contribution in [0.15, 0.2) is 60.7 Å². The molecule has 0 heterocycles. The third-order valence-electron chi connectivity index (χ3n) is 3.44. The fraction of sp³-hybridized carbons (Fsp3) is 0.158. The zero-order chi connectivity index (χ0) is 17.4. The second kappa shape index (κ2) is 8.89. The van der Waals surface area contributed by atoms with E-state index in [4.69, 9.17) is 16.3 Å². The van der Waals surface area contributed by atoms with Gasteiger partial charge < -0.3 is 10.1 Å². The van der Waals surface area contributed by atoms with Crippen LogP contribution in [0.1, 0.15) is 23.6 Å². The van der Waals surface area contributed by atoms with Crippen molar-refractivity contribution < 1.29 is 14.3 Å². The van der Waals surface area contributed by atoms with Crippen molar-refractivity contribution in [3.8, 4) is 0 Å². The number of carbonyl (C=O) groups is 2. The number of benzene rings is 2. The Hall–Kier alpha value is -2.59. The summed E-state index contributed by atoms with van der Waals surface area (Å²) in [6.45, 7) is 0. The standard InChI is InChI=1S/C19H18ClNO3/c1-24-19(23)13-17(15-8-3-2-4-9-15)21-18(22)12-11-14-7-5-6-10-16(14)20/h2-12,17H,13H2,1H3,(H,21,22)/b12-11+. The summed E-state index contributed by atoms with van der Waals surface area (Å²) in [4.78, 5) is 23.8. The first-order valence-electron chi connectivity index (χ1n) is 7.45. The number of nitrogens with one attached hydrogen (secondary N) is 1. The molecule has 1 atom stereocenters. The topological polar surface area (TPSA) is 55.4 Å². The Morgan fingerprint density at radius 3 is 2.46 bits per heavy atom. The predicted octanol–water partition coefficient (Wildman–Crippen LogP) is 3.77. The molecule has 2 rings (SSSR count). The monoisotopic (exact) mass is 343 g/mol. The van der Waals surface area contributed by atoms with E-state index in [9.17, 15) is 9.59 Å². The number of carbonyl (C=O) groups excluding carboxylic acids is 2. The Morgan fingerprint density at radius 1 is 1.12 bits per heavy atom. The Kier molecular flexibility index (Phi) is 6.58. The second-order valence-corrected chi connectivity index (χ2v) is 5.51. The van der Waals surface area contributed by atoms with Gasteiger partial charge in [-0.1, -0.05) is 60.1 Å². The fourth-order valence-electron chi connectivity index (χ4n) is 2.18. The fourth-order valence-corrected chi connectivity index (χ4v) is 2.38. The highest BCUT2D eigenvalue weighted by Gasteiger charge is 2.17. The maximum Gasteiger partial charge on any atom is 0.307 e. The van der Waals surface area contributed by atoms with E-state index in [1.807, 2.05) is 48.5 Å². The van der Waals surface area contributed by atoms with Gasteiger partial charge in [0.05, 0.1) is 19.6 Å². The third kappa shape index (κ3) is 5.25. The number of esters is 1. The quantitative estimate of drug-likeness (QED) is 0.641. The van der Waals surface area contributed by atoms with E-state index >= 15 is 0 Å². The van der Waals surface area contributed by atoms with Crippen molar-refractivity contribution in [2.45, 2.75) is 12.5 Å². The molecule has 0 spiro atoms. The van der Waals surface area contributed by atoms with Crippen LogP contribution in [0.3, 0.4) is 0 Å². The molecule has 1 unspecified atom stereocenters. The minimum absolute atomic E-state index is 0.0617. The predicted molar refractivity (Wildman–Crippen MR) is 94.4 cm³/mol. The van der Waals surface area contributed by atoms with Gasteiger partial charge >= 0.3 is 5.97 Å². The van der Waals surface area contributed by atoms with E-state index in [-0.39, 0.29) is 18.3 Å². The van der Waals surface area contributed by atoms with Gasteiger partial charge in [-0.2, -0.15) is 0 Å². The van der Waals surface area contributed by atoms with Crippen molar-refractivity contribution in [3.63, 3.8) is 0 Å². The summed E-state index contributed by atoms with van der Waals surface area (Å²) in [5.74, 6) is -0.702. The molecule has 0 radical (unpaired) electrons. The van der Waals surface area contributed by atoms with Crippen molar-refractivity contribution in [1.82, 2.24) is 5.32 Å². The highest BCUT2D eigenvalue weighted by Crippen LogP contribution is 2.18. The molecule has 1 amide bonds. The van der Waals surface area contributed by atoms with Crippen LogP contribution in [-0.4, -0.2) is 19.0 Å². The minimum atomic E-state index is -0.456. The Morgan fingerprint density at radius 2 is 1.79 bits per heavy atom. The summed E-state index contributed by atoms with van der Waals surface area (Å²) in [5, 5.41) is 3.38. The number of rotatable bonds is 6. The summed E-state index contributed by atoms with van der Waals surface area (Å²) in [5.41, 5.74) is 1.58.